The highest BCUT2D eigenvalue weighted by molar-refractivity contribution is 6.74. The quantitative estimate of drug-likeness (QED) is 0.141. The number of cyclic esters (lactones) is 1. The first-order valence-electron chi connectivity index (χ1n) is 12.1. The lowest BCUT2D eigenvalue weighted by molar-refractivity contribution is -0.173. The Bertz CT molecular complexity index is 629. The van der Waals surface area contributed by atoms with E-state index >= 15 is 0 Å². The summed E-state index contributed by atoms with van der Waals surface area (Å²) < 4.78 is 11.6. The van der Waals surface area contributed by atoms with Crippen LogP contribution in [0.4, 0.5) is 0 Å². The molecule has 0 aromatic rings. The lowest BCUT2D eigenvalue weighted by Gasteiger charge is -2.40. The van der Waals surface area contributed by atoms with E-state index in [0.29, 0.717) is 6.42 Å². The Morgan fingerprint density at radius 1 is 1.27 bits per heavy atom. The number of carbonyl (C=O) groups excluding carboxylic acids is 2. The second kappa shape index (κ2) is 14.7. The number of esters is 1. The molecular formula is C26H49NO5Si. The van der Waals surface area contributed by atoms with Crippen molar-refractivity contribution in [3.05, 3.63) is 25.3 Å². The van der Waals surface area contributed by atoms with Gasteiger partial charge in [-0.3, -0.25) is 14.4 Å². The molecule has 1 aliphatic heterocycles. The van der Waals surface area contributed by atoms with E-state index in [1.165, 1.54) is 12.2 Å². The van der Waals surface area contributed by atoms with Crippen molar-refractivity contribution in [3.8, 4) is 0 Å². The first-order chi connectivity index (χ1) is 15.2. The SMILES string of the molecule is C=CCC[C@@H]1CC(C)C(=O)O1.C=CCC[C@H](CC(C)C(=O)N(C)OC)O[Si](C)(C)C(C)(C)C. The number of carbonyl (C=O) groups is 2. The number of allylic oxidation sites excluding steroid dienone is 2. The Hall–Kier alpha value is -1.44. The van der Waals surface area contributed by atoms with E-state index in [1.54, 1.807) is 7.05 Å². The molecule has 1 aliphatic rings. The van der Waals surface area contributed by atoms with Gasteiger partial charge in [0.1, 0.15) is 6.10 Å². The number of hydrogen-bond acceptors (Lipinski definition) is 5. The summed E-state index contributed by atoms with van der Waals surface area (Å²) in [6.45, 7) is 22.5. The Kier molecular flexibility index (Phi) is 14.1. The summed E-state index contributed by atoms with van der Waals surface area (Å²) in [6, 6.07) is 0. The summed E-state index contributed by atoms with van der Waals surface area (Å²) in [6.07, 6.45) is 9.28. The average Bonchev–Trinajstić information content (AvgIpc) is 3.05. The first-order valence-corrected chi connectivity index (χ1v) is 15.0. The van der Waals surface area contributed by atoms with Gasteiger partial charge in [-0.25, -0.2) is 5.06 Å². The number of hydrogen-bond donors (Lipinski definition) is 0. The molecular weight excluding hydrogens is 434 g/mol. The smallest absolute Gasteiger partial charge is 0.309 e. The Balaban J connectivity index is 0.000000771. The molecule has 4 atom stereocenters. The molecule has 192 valence electrons. The molecule has 0 radical (unpaired) electrons. The lowest BCUT2D eigenvalue weighted by atomic mass is 10.00. The van der Waals surface area contributed by atoms with Gasteiger partial charge < -0.3 is 9.16 Å². The predicted molar refractivity (Wildman–Crippen MR) is 138 cm³/mol. The van der Waals surface area contributed by atoms with Crippen LogP contribution in [0.3, 0.4) is 0 Å². The summed E-state index contributed by atoms with van der Waals surface area (Å²) in [5, 5.41) is 1.46. The van der Waals surface area contributed by atoms with Gasteiger partial charge in [0.2, 0.25) is 5.91 Å². The van der Waals surface area contributed by atoms with Gasteiger partial charge in [-0.15, -0.1) is 13.2 Å². The largest absolute Gasteiger partial charge is 0.462 e. The third kappa shape index (κ3) is 11.5. The van der Waals surface area contributed by atoms with Crippen LogP contribution in [0.5, 0.6) is 0 Å². The lowest BCUT2D eigenvalue weighted by Crippen LogP contribution is -2.45. The maximum absolute atomic E-state index is 12.2. The average molecular weight is 484 g/mol. The molecule has 1 fully saturated rings. The molecule has 0 saturated carbocycles. The second-order valence-corrected chi connectivity index (χ2v) is 15.3. The van der Waals surface area contributed by atoms with Gasteiger partial charge in [-0.1, -0.05) is 46.8 Å². The first kappa shape index (κ1) is 31.6. The van der Waals surface area contributed by atoms with Crippen molar-refractivity contribution in [3.63, 3.8) is 0 Å². The Morgan fingerprint density at radius 3 is 2.27 bits per heavy atom. The Morgan fingerprint density at radius 2 is 1.85 bits per heavy atom. The zero-order chi connectivity index (χ0) is 25.8. The molecule has 1 amide bonds. The summed E-state index contributed by atoms with van der Waals surface area (Å²) in [5.74, 6) is -0.0710. The van der Waals surface area contributed by atoms with Crippen molar-refractivity contribution in [2.75, 3.05) is 14.2 Å². The van der Waals surface area contributed by atoms with Gasteiger partial charge in [0.25, 0.3) is 0 Å². The van der Waals surface area contributed by atoms with Crippen molar-refractivity contribution in [1.82, 2.24) is 5.06 Å². The molecule has 0 aromatic heterocycles. The van der Waals surface area contributed by atoms with Crippen molar-refractivity contribution in [2.45, 2.75) is 103 Å². The van der Waals surface area contributed by atoms with E-state index in [0.717, 1.165) is 32.1 Å². The number of rotatable bonds is 12. The summed E-state index contributed by atoms with van der Waals surface area (Å²) >= 11 is 0. The summed E-state index contributed by atoms with van der Waals surface area (Å²) in [4.78, 5) is 28.1. The maximum atomic E-state index is 12.2. The number of nitrogens with zero attached hydrogens (tertiary/aromatic N) is 1. The van der Waals surface area contributed by atoms with E-state index in [4.69, 9.17) is 14.0 Å². The highest BCUT2D eigenvalue weighted by atomic mass is 28.4. The van der Waals surface area contributed by atoms with Gasteiger partial charge >= 0.3 is 5.97 Å². The monoisotopic (exact) mass is 483 g/mol. The normalized spacial score (nSPS) is 20.2. The molecule has 0 aromatic carbocycles. The highest BCUT2D eigenvalue weighted by Gasteiger charge is 2.39. The van der Waals surface area contributed by atoms with Crippen molar-refractivity contribution in [1.29, 1.82) is 0 Å². The third-order valence-corrected chi connectivity index (χ3v) is 11.1. The van der Waals surface area contributed by atoms with Crippen LogP contribution in [0.2, 0.25) is 18.1 Å². The number of hydroxylamine groups is 2. The minimum absolute atomic E-state index is 0.00932. The Labute approximate surface area is 203 Å². The summed E-state index contributed by atoms with van der Waals surface area (Å²) in [7, 11) is 1.31. The van der Waals surface area contributed by atoms with Crippen LogP contribution in [0.25, 0.3) is 0 Å². The van der Waals surface area contributed by atoms with E-state index in [9.17, 15) is 9.59 Å². The molecule has 2 unspecified atom stereocenters. The van der Waals surface area contributed by atoms with Crippen LogP contribution in [-0.4, -0.2) is 51.6 Å². The van der Waals surface area contributed by atoms with Gasteiger partial charge in [0, 0.05) is 19.1 Å². The van der Waals surface area contributed by atoms with E-state index in [-0.39, 0.29) is 41.0 Å². The van der Waals surface area contributed by atoms with E-state index in [2.05, 4.69) is 47.0 Å². The van der Waals surface area contributed by atoms with Crippen molar-refractivity contribution < 1.29 is 23.6 Å². The number of ether oxygens (including phenoxy) is 1. The van der Waals surface area contributed by atoms with Gasteiger partial charge in [-0.05, 0) is 56.7 Å². The fraction of sp³-hybridized carbons (Fsp3) is 0.769. The van der Waals surface area contributed by atoms with Crippen LogP contribution in [0.1, 0.15) is 73.1 Å². The van der Waals surface area contributed by atoms with Crippen LogP contribution in [0, 0.1) is 11.8 Å². The fourth-order valence-corrected chi connectivity index (χ4v) is 4.72. The molecule has 7 heteroatoms. The van der Waals surface area contributed by atoms with E-state index < -0.39 is 8.32 Å². The number of amides is 1. The topological polar surface area (TPSA) is 65.1 Å². The second-order valence-electron chi connectivity index (χ2n) is 10.6. The van der Waals surface area contributed by atoms with E-state index in [1.807, 2.05) is 26.0 Å². The zero-order valence-electron chi connectivity index (χ0n) is 22.6. The fourth-order valence-electron chi connectivity index (χ4n) is 3.32. The molecule has 0 spiro atoms. The van der Waals surface area contributed by atoms with Crippen molar-refractivity contribution >= 4 is 20.2 Å². The van der Waals surface area contributed by atoms with Crippen molar-refractivity contribution in [2.24, 2.45) is 11.8 Å². The molecule has 33 heavy (non-hydrogen) atoms. The predicted octanol–water partition coefficient (Wildman–Crippen LogP) is 6.29. The third-order valence-electron chi connectivity index (χ3n) is 6.58. The zero-order valence-corrected chi connectivity index (χ0v) is 23.6. The molecule has 1 saturated heterocycles. The molecule has 0 N–H and O–H groups in total. The minimum Gasteiger partial charge on any atom is -0.462 e. The standard InChI is InChI=1S/C17H35NO3Si.C9H14O2/c1-10-11-12-15(21-22(8,9)17(3,4)5)13-14(2)16(19)18(6)20-7;1-3-4-5-8-6-7(2)9(10)11-8/h10,14-15H,1,11-13H2,2-9H3;3,7-8H,1,4-6H2,2H3/t14?,15-;7?,8-/m11/s1. The van der Waals surface area contributed by atoms with Gasteiger partial charge in [0.15, 0.2) is 8.32 Å². The molecule has 1 heterocycles. The maximum Gasteiger partial charge on any atom is 0.309 e. The molecule has 0 bridgehead atoms. The minimum atomic E-state index is -1.85. The molecule has 6 nitrogen and oxygen atoms in total. The van der Waals surface area contributed by atoms with Crippen LogP contribution < -0.4 is 0 Å². The molecule has 0 aliphatic carbocycles. The van der Waals surface area contributed by atoms with Crippen LogP contribution >= 0.6 is 0 Å². The van der Waals surface area contributed by atoms with Crippen LogP contribution in [0.15, 0.2) is 25.3 Å². The van der Waals surface area contributed by atoms with Gasteiger partial charge in [0.05, 0.1) is 13.0 Å². The summed E-state index contributed by atoms with van der Waals surface area (Å²) in [5.41, 5.74) is 0. The van der Waals surface area contributed by atoms with Gasteiger partial charge in [-0.2, -0.15) is 0 Å². The highest BCUT2D eigenvalue weighted by Crippen LogP contribution is 2.38. The van der Waals surface area contributed by atoms with Crippen LogP contribution in [-0.2, 0) is 23.6 Å². The molecule has 1 rings (SSSR count).